The number of benzene rings is 2. The SMILES string of the molecule is COc1ccc2nc(C(=O)Nc3nc(-c4ccc(C(C)NC(C)=O)cc4)cs3)ccc2c1. The predicted octanol–water partition coefficient (Wildman–Crippen LogP) is 4.82. The molecule has 0 fully saturated rings. The number of fused-ring (bicyclic) bond motifs is 1. The van der Waals surface area contributed by atoms with Gasteiger partial charge in [0.15, 0.2) is 5.13 Å². The molecule has 7 nitrogen and oxygen atoms in total. The van der Waals surface area contributed by atoms with E-state index < -0.39 is 0 Å². The number of rotatable bonds is 6. The van der Waals surface area contributed by atoms with Gasteiger partial charge in [0.25, 0.3) is 5.91 Å². The van der Waals surface area contributed by atoms with Crippen LogP contribution in [-0.4, -0.2) is 28.9 Å². The summed E-state index contributed by atoms with van der Waals surface area (Å²) in [4.78, 5) is 32.9. The molecule has 32 heavy (non-hydrogen) atoms. The molecule has 2 N–H and O–H groups in total. The number of nitrogens with one attached hydrogen (secondary N) is 2. The number of nitrogens with zero attached hydrogens (tertiary/aromatic N) is 2. The van der Waals surface area contributed by atoms with Gasteiger partial charge in [-0.1, -0.05) is 30.3 Å². The van der Waals surface area contributed by atoms with E-state index in [1.54, 1.807) is 13.2 Å². The Kier molecular flexibility index (Phi) is 6.13. The number of pyridine rings is 1. The van der Waals surface area contributed by atoms with Gasteiger partial charge in [0.05, 0.1) is 24.4 Å². The Morgan fingerprint density at radius 1 is 1.03 bits per heavy atom. The first kappa shape index (κ1) is 21.5. The third-order valence-corrected chi connectivity index (χ3v) is 5.74. The lowest BCUT2D eigenvalue weighted by atomic mass is 10.1. The van der Waals surface area contributed by atoms with Gasteiger partial charge in [0.2, 0.25) is 5.91 Å². The maximum atomic E-state index is 12.7. The first-order valence-corrected chi connectivity index (χ1v) is 10.9. The van der Waals surface area contributed by atoms with Gasteiger partial charge in [-0.25, -0.2) is 9.97 Å². The summed E-state index contributed by atoms with van der Waals surface area (Å²) >= 11 is 1.35. The molecule has 0 saturated carbocycles. The highest BCUT2D eigenvalue weighted by molar-refractivity contribution is 7.14. The lowest BCUT2D eigenvalue weighted by molar-refractivity contribution is -0.119. The number of aromatic nitrogens is 2. The molecular weight excluding hydrogens is 424 g/mol. The third kappa shape index (κ3) is 4.76. The highest BCUT2D eigenvalue weighted by Gasteiger charge is 2.13. The number of hydrogen-bond donors (Lipinski definition) is 2. The second-order valence-corrected chi connectivity index (χ2v) is 8.15. The van der Waals surface area contributed by atoms with E-state index in [0.717, 1.165) is 28.0 Å². The molecule has 4 rings (SSSR count). The largest absolute Gasteiger partial charge is 0.497 e. The summed E-state index contributed by atoms with van der Waals surface area (Å²) in [5, 5.41) is 8.97. The van der Waals surface area contributed by atoms with Gasteiger partial charge < -0.3 is 10.1 Å². The molecule has 0 radical (unpaired) electrons. The van der Waals surface area contributed by atoms with Crippen LogP contribution in [0.1, 0.15) is 35.9 Å². The molecule has 0 aliphatic heterocycles. The van der Waals surface area contributed by atoms with E-state index in [0.29, 0.717) is 16.3 Å². The van der Waals surface area contributed by atoms with Gasteiger partial charge in [-0.05, 0) is 36.8 Å². The minimum absolute atomic E-state index is 0.0672. The molecule has 8 heteroatoms. The van der Waals surface area contributed by atoms with Crippen molar-refractivity contribution in [3.63, 3.8) is 0 Å². The van der Waals surface area contributed by atoms with Crippen LogP contribution >= 0.6 is 11.3 Å². The monoisotopic (exact) mass is 446 g/mol. The molecule has 2 aromatic heterocycles. The Balaban J connectivity index is 1.46. The topological polar surface area (TPSA) is 93.2 Å². The van der Waals surface area contributed by atoms with Crippen LogP contribution in [0.15, 0.2) is 60.0 Å². The Bertz CT molecular complexity index is 1280. The summed E-state index contributed by atoms with van der Waals surface area (Å²) in [6.07, 6.45) is 0. The highest BCUT2D eigenvalue weighted by Crippen LogP contribution is 2.27. The molecule has 0 aliphatic rings. The molecule has 0 aliphatic carbocycles. The Morgan fingerprint density at radius 2 is 1.81 bits per heavy atom. The number of methoxy groups -OCH3 is 1. The molecule has 0 spiro atoms. The number of carbonyl (C=O) groups excluding carboxylic acids is 2. The normalized spacial score (nSPS) is 11.7. The van der Waals surface area contributed by atoms with Crippen LogP contribution < -0.4 is 15.4 Å². The van der Waals surface area contributed by atoms with Crippen LogP contribution in [0.3, 0.4) is 0 Å². The smallest absolute Gasteiger partial charge is 0.276 e. The van der Waals surface area contributed by atoms with Gasteiger partial charge in [-0.3, -0.25) is 14.9 Å². The maximum absolute atomic E-state index is 12.7. The fourth-order valence-corrected chi connectivity index (χ4v) is 4.03. The van der Waals surface area contributed by atoms with Crippen molar-refractivity contribution in [3.05, 3.63) is 71.2 Å². The van der Waals surface area contributed by atoms with Gasteiger partial charge in [0, 0.05) is 23.3 Å². The zero-order valence-electron chi connectivity index (χ0n) is 17.9. The van der Waals surface area contributed by atoms with E-state index in [1.807, 2.05) is 60.8 Å². The fourth-order valence-electron chi connectivity index (χ4n) is 3.31. The fraction of sp³-hybridized carbons (Fsp3) is 0.167. The average molecular weight is 447 g/mol. The van der Waals surface area contributed by atoms with Crippen molar-refractivity contribution < 1.29 is 14.3 Å². The number of ether oxygens (including phenoxy) is 1. The van der Waals surface area contributed by atoms with E-state index in [2.05, 4.69) is 20.6 Å². The van der Waals surface area contributed by atoms with E-state index in [1.165, 1.54) is 18.3 Å². The van der Waals surface area contributed by atoms with Gasteiger partial charge in [0.1, 0.15) is 11.4 Å². The van der Waals surface area contributed by atoms with Crippen molar-refractivity contribution in [2.75, 3.05) is 12.4 Å². The van der Waals surface area contributed by atoms with Crippen molar-refractivity contribution in [1.29, 1.82) is 0 Å². The van der Waals surface area contributed by atoms with Crippen molar-refractivity contribution in [2.24, 2.45) is 0 Å². The van der Waals surface area contributed by atoms with E-state index >= 15 is 0 Å². The molecule has 1 atom stereocenters. The molecule has 2 amide bonds. The zero-order chi connectivity index (χ0) is 22.7. The van der Waals surface area contributed by atoms with Crippen molar-refractivity contribution in [3.8, 4) is 17.0 Å². The summed E-state index contributed by atoms with van der Waals surface area (Å²) in [6.45, 7) is 3.44. The molecule has 1 unspecified atom stereocenters. The van der Waals surface area contributed by atoms with Gasteiger partial charge in [-0.2, -0.15) is 0 Å². The van der Waals surface area contributed by atoms with Gasteiger partial charge in [-0.15, -0.1) is 11.3 Å². The van der Waals surface area contributed by atoms with Crippen LogP contribution in [0.2, 0.25) is 0 Å². The van der Waals surface area contributed by atoms with Crippen LogP contribution in [-0.2, 0) is 4.79 Å². The average Bonchev–Trinajstić information content (AvgIpc) is 3.26. The summed E-state index contributed by atoms with van der Waals surface area (Å²) in [6, 6.07) is 16.8. The molecule has 2 aromatic carbocycles. The number of carbonyl (C=O) groups is 2. The second kappa shape index (κ2) is 9.15. The summed E-state index contributed by atoms with van der Waals surface area (Å²) in [5.41, 5.74) is 3.73. The van der Waals surface area contributed by atoms with Crippen molar-refractivity contribution >= 4 is 39.2 Å². The number of anilines is 1. The molecule has 0 bridgehead atoms. The zero-order valence-corrected chi connectivity index (χ0v) is 18.7. The van der Waals surface area contributed by atoms with Crippen LogP contribution in [0.25, 0.3) is 22.2 Å². The summed E-state index contributed by atoms with van der Waals surface area (Å²) in [5.74, 6) is 0.356. The predicted molar refractivity (Wildman–Crippen MR) is 126 cm³/mol. The number of thiazole rings is 1. The van der Waals surface area contributed by atoms with E-state index in [4.69, 9.17) is 4.74 Å². The van der Waals surface area contributed by atoms with Crippen LogP contribution in [0.5, 0.6) is 5.75 Å². The highest BCUT2D eigenvalue weighted by atomic mass is 32.1. The molecule has 4 aromatic rings. The number of amides is 2. The first-order valence-electron chi connectivity index (χ1n) is 10.0. The molecular formula is C24H22N4O3S. The Hall–Kier alpha value is -3.78. The maximum Gasteiger partial charge on any atom is 0.276 e. The van der Waals surface area contributed by atoms with Crippen LogP contribution in [0.4, 0.5) is 5.13 Å². The molecule has 162 valence electrons. The minimum Gasteiger partial charge on any atom is -0.497 e. The first-order chi connectivity index (χ1) is 15.4. The molecule has 2 heterocycles. The summed E-state index contributed by atoms with van der Waals surface area (Å²) in [7, 11) is 1.61. The van der Waals surface area contributed by atoms with E-state index in [-0.39, 0.29) is 17.9 Å². The van der Waals surface area contributed by atoms with Crippen molar-refractivity contribution in [1.82, 2.24) is 15.3 Å². The third-order valence-electron chi connectivity index (χ3n) is 4.98. The minimum atomic E-state index is -0.317. The lowest BCUT2D eigenvalue weighted by Gasteiger charge is -2.13. The Morgan fingerprint density at radius 3 is 2.53 bits per heavy atom. The van der Waals surface area contributed by atoms with Gasteiger partial charge >= 0.3 is 0 Å². The quantitative estimate of drug-likeness (QED) is 0.443. The number of hydrogen-bond acceptors (Lipinski definition) is 6. The molecule has 0 saturated heterocycles. The standard InChI is InChI=1S/C24H22N4O3S/c1-14(25-15(2)29)16-4-6-17(7-5-16)22-13-32-24(27-22)28-23(30)21-10-8-18-12-19(31-3)9-11-20(18)26-21/h4-14H,1-3H3,(H,25,29)(H,27,28,30). The van der Waals surface area contributed by atoms with Crippen molar-refractivity contribution in [2.45, 2.75) is 19.9 Å². The summed E-state index contributed by atoms with van der Waals surface area (Å²) < 4.78 is 5.22. The lowest BCUT2D eigenvalue weighted by Crippen LogP contribution is -2.23. The second-order valence-electron chi connectivity index (χ2n) is 7.29. The Labute approximate surface area is 189 Å². The van der Waals surface area contributed by atoms with Crippen LogP contribution in [0, 0.1) is 0 Å². The van der Waals surface area contributed by atoms with E-state index in [9.17, 15) is 9.59 Å².